The van der Waals surface area contributed by atoms with E-state index in [9.17, 15) is 14.7 Å². The van der Waals surface area contributed by atoms with Crippen molar-refractivity contribution in [2.75, 3.05) is 6.61 Å². The van der Waals surface area contributed by atoms with E-state index < -0.39 is 11.3 Å². The van der Waals surface area contributed by atoms with Gasteiger partial charge in [-0.15, -0.1) is 17.0 Å². The van der Waals surface area contributed by atoms with Gasteiger partial charge in [0.1, 0.15) is 0 Å². The lowest BCUT2D eigenvalue weighted by atomic mass is 9.88. The number of esters is 2. The molecule has 0 amide bonds. The Hall–Kier alpha value is -0.660. The molecule has 0 bridgehead atoms. The Morgan fingerprint density at radius 3 is 1.19 bits per heavy atom. The second-order valence-corrected chi connectivity index (χ2v) is 12.7. The number of carbonyl (C=O) groups is 2. The smallest absolute Gasteiger partial charge is 0.307 e. The fourth-order valence-electron chi connectivity index (χ4n) is 5.38. The van der Waals surface area contributed by atoms with Crippen LogP contribution in [0.1, 0.15) is 195 Å². The summed E-state index contributed by atoms with van der Waals surface area (Å²) < 4.78 is 11.5. The van der Waals surface area contributed by atoms with Gasteiger partial charge < -0.3 is 14.6 Å². The van der Waals surface area contributed by atoms with Crippen LogP contribution < -0.4 is 5.73 Å². The van der Waals surface area contributed by atoms with Crippen molar-refractivity contribution in [2.24, 2.45) is 5.73 Å². The minimum Gasteiger partial charge on any atom is -0.454 e. The number of carbonyl (C=O) groups excluding carboxylic acids is 2. The Balaban J connectivity index is 0. The lowest BCUT2D eigenvalue weighted by molar-refractivity contribution is -0.208. The van der Waals surface area contributed by atoms with Crippen molar-refractivity contribution in [3.05, 3.63) is 0 Å². The van der Waals surface area contributed by atoms with Crippen molar-refractivity contribution in [2.45, 2.75) is 206 Å². The third-order valence-electron chi connectivity index (χ3n) is 8.50. The van der Waals surface area contributed by atoms with Crippen LogP contribution in [0.15, 0.2) is 0 Å². The maximum Gasteiger partial charge on any atom is 0.307 e. The quantitative estimate of drug-likeness (QED) is 0.0450. The molecule has 2 unspecified atom stereocenters. The summed E-state index contributed by atoms with van der Waals surface area (Å²) in [5.41, 5.74) is 3.81. The predicted octanol–water partition coefficient (Wildman–Crippen LogP) is 10.3. The number of halogens is 1. The molecule has 0 aliphatic rings. The van der Waals surface area contributed by atoms with Crippen molar-refractivity contribution in [1.29, 1.82) is 0 Å². The van der Waals surface area contributed by atoms with Gasteiger partial charge in [-0.3, -0.25) is 15.3 Å². The molecule has 0 fully saturated rings. The zero-order valence-corrected chi connectivity index (χ0v) is 29.9. The number of nitrogens with two attached hydrogens (primary N) is 1. The van der Waals surface area contributed by atoms with Crippen LogP contribution in [0.4, 0.5) is 0 Å². The number of unbranched alkanes of at least 4 members (excludes halogenated alkanes) is 20. The Bertz CT molecular complexity index is 631. The summed E-state index contributed by atoms with van der Waals surface area (Å²) in [5, 5.41) is 9.41. The number of rotatable bonds is 30. The zero-order chi connectivity index (χ0) is 30.7. The highest BCUT2D eigenvalue weighted by molar-refractivity contribution is 8.93. The molecule has 0 aromatic carbocycles. The average Bonchev–Trinajstić information content (AvgIpc) is 2.93. The third-order valence-corrected chi connectivity index (χ3v) is 8.50. The highest BCUT2D eigenvalue weighted by atomic mass is 79.9. The summed E-state index contributed by atoms with van der Waals surface area (Å²) in [7, 11) is 0. The molecule has 42 heavy (non-hydrogen) atoms. The molecular formula is C35H70BrNO5. The fraction of sp³-hybridized carbons (Fsp3) is 0.943. The maximum atomic E-state index is 12.7. The third kappa shape index (κ3) is 23.8. The molecule has 0 aromatic heterocycles. The van der Waals surface area contributed by atoms with Crippen LogP contribution in [0.25, 0.3) is 0 Å². The van der Waals surface area contributed by atoms with Crippen LogP contribution in [0.2, 0.25) is 0 Å². The van der Waals surface area contributed by atoms with E-state index in [0.717, 1.165) is 38.5 Å². The van der Waals surface area contributed by atoms with Crippen LogP contribution in [-0.2, 0) is 19.1 Å². The Kier molecular flexibility index (Phi) is 30.1. The van der Waals surface area contributed by atoms with Gasteiger partial charge in [0.15, 0.2) is 11.3 Å². The highest BCUT2D eigenvalue weighted by Crippen LogP contribution is 2.32. The van der Waals surface area contributed by atoms with Crippen LogP contribution in [-0.4, -0.2) is 35.0 Å². The SMILES string of the molecule is Br.CCCCCCCCCCCCCC(=O)OC(C)(N)C(C)(CCCO)OC(=O)CCCCCCCCCCCCC. The zero-order valence-electron chi connectivity index (χ0n) is 28.2. The molecule has 0 spiro atoms. The lowest BCUT2D eigenvalue weighted by Gasteiger charge is -2.42. The lowest BCUT2D eigenvalue weighted by Crippen LogP contribution is -2.61. The van der Waals surface area contributed by atoms with E-state index in [1.807, 2.05) is 0 Å². The van der Waals surface area contributed by atoms with Gasteiger partial charge in [-0.25, -0.2) is 0 Å². The van der Waals surface area contributed by atoms with Gasteiger partial charge in [0.05, 0.1) is 0 Å². The molecule has 0 saturated heterocycles. The van der Waals surface area contributed by atoms with Crippen LogP contribution in [0.3, 0.4) is 0 Å². The van der Waals surface area contributed by atoms with Gasteiger partial charge in [-0.1, -0.05) is 142 Å². The predicted molar refractivity (Wildman–Crippen MR) is 182 cm³/mol. The number of aliphatic hydroxyl groups is 1. The molecule has 0 saturated carbocycles. The van der Waals surface area contributed by atoms with Gasteiger partial charge in [-0.2, -0.15) is 0 Å². The van der Waals surface area contributed by atoms with Crippen molar-refractivity contribution in [3.63, 3.8) is 0 Å². The van der Waals surface area contributed by atoms with Gasteiger partial charge in [0, 0.05) is 19.4 Å². The summed E-state index contributed by atoms with van der Waals surface area (Å²) in [6.45, 7) is 7.77. The monoisotopic (exact) mass is 663 g/mol. The van der Waals surface area contributed by atoms with Crippen LogP contribution >= 0.6 is 17.0 Å². The van der Waals surface area contributed by atoms with Crippen molar-refractivity contribution >= 4 is 28.9 Å². The van der Waals surface area contributed by atoms with Crippen molar-refractivity contribution in [3.8, 4) is 0 Å². The standard InChI is InChI=1S/C35H69NO5.BrH/c1-5-7-9-11-13-15-17-19-21-23-25-28-32(38)40-34(3,30-27-31-37)35(4,36)41-33(39)29-26-24-22-20-18-16-14-12-10-8-6-2;/h37H,5-31,36H2,1-4H3;1H. The number of aliphatic hydroxyl groups excluding tert-OH is 1. The molecule has 2 atom stereocenters. The van der Waals surface area contributed by atoms with Gasteiger partial charge in [0.25, 0.3) is 0 Å². The number of hydrogen-bond acceptors (Lipinski definition) is 6. The number of hydrogen-bond donors (Lipinski definition) is 2. The molecule has 0 heterocycles. The molecule has 3 N–H and O–H groups in total. The molecular weight excluding hydrogens is 594 g/mol. The summed E-state index contributed by atoms with van der Waals surface area (Å²) in [4.78, 5) is 25.3. The molecule has 7 heteroatoms. The van der Waals surface area contributed by atoms with E-state index in [1.54, 1.807) is 13.8 Å². The summed E-state index contributed by atoms with van der Waals surface area (Å²) in [6, 6.07) is 0. The van der Waals surface area contributed by atoms with Gasteiger partial charge in [-0.05, 0) is 39.5 Å². The van der Waals surface area contributed by atoms with Crippen LogP contribution in [0, 0.1) is 0 Å². The minimum atomic E-state index is -1.47. The van der Waals surface area contributed by atoms with E-state index in [2.05, 4.69) is 13.8 Å². The van der Waals surface area contributed by atoms with E-state index >= 15 is 0 Å². The molecule has 0 aromatic rings. The van der Waals surface area contributed by atoms with E-state index in [0.29, 0.717) is 25.7 Å². The largest absolute Gasteiger partial charge is 0.454 e. The van der Waals surface area contributed by atoms with Crippen molar-refractivity contribution < 1.29 is 24.2 Å². The first-order valence-corrected chi connectivity index (χ1v) is 17.6. The molecule has 0 aliphatic heterocycles. The molecule has 252 valence electrons. The molecule has 6 nitrogen and oxygen atoms in total. The molecule has 0 rings (SSSR count). The topological polar surface area (TPSA) is 98.8 Å². The number of ether oxygens (including phenoxy) is 2. The molecule has 0 radical (unpaired) electrons. The highest BCUT2D eigenvalue weighted by Gasteiger charge is 2.48. The first-order valence-electron chi connectivity index (χ1n) is 17.6. The summed E-state index contributed by atoms with van der Waals surface area (Å²) >= 11 is 0. The summed E-state index contributed by atoms with van der Waals surface area (Å²) in [5.74, 6) is -0.679. The first kappa shape index (κ1) is 43.5. The molecule has 0 aliphatic carbocycles. The maximum absolute atomic E-state index is 12.7. The fourth-order valence-corrected chi connectivity index (χ4v) is 5.38. The van der Waals surface area contributed by atoms with Gasteiger partial charge >= 0.3 is 11.9 Å². The van der Waals surface area contributed by atoms with Gasteiger partial charge in [0.2, 0.25) is 0 Å². The Morgan fingerprint density at radius 1 is 0.548 bits per heavy atom. The van der Waals surface area contributed by atoms with E-state index in [4.69, 9.17) is 15.2 Å². The second-order valence-electron chi connectivity index (χ2n) is 12.7. The summed E-state index contributed by atoms with van der Waals surface area (Å²) in [6.07, 6.45) is 28.1. The van der Waals surface area contributed by atoms with Crippen LogP contribution in [0.5, 0.6) is 0 Å². The minimum absolute atomic E-state index is 0. The van der Waals surface area contributed by atoms with E-state index in [-0.39, 0.29) is 35.5 Å². The second kappa shape index (κ2) is 29.1. The van der Waals surface area contributed by atoms with E-state index in [1.165, 1.54) is 103 Å². The first-order chi connectivity index (χ1) is 19.7. The van der Waals surface area contributed by atoms with Crippen molar-refractivity contribution in [1.82, 2.24) is 0 Å². The average molecular weight is 665 g/mol. The normalized spacial score (nSPS) is 14.0. The Morgan fingerprint density at radius 2 is 0.857 bits per heavy atom. The Labute approximate surface area is 270 Å².